The molecule has 0 aliphatic carbocycles. The van der Waals surface area contributed by atoms with Gasteiger partial charge in [0.1, 0.15) is 36.8 Å². The van der Waals surface area contributed by atoms with Crippen molar-refractivity contribution in [2.75, 3.05) is 20.1 Å². The molecule has 8 heteroatoms. The van der Waals surface area contributed by atoms with Crippen molar-refractivity contribution in [3.8, 4) is 28.5 Å². The fraction of sp³-hybridized carbons (Fsp3) is 0.243. The Balaban J connectivity index is 1.13. The smallest absolute Gasteiger partial charge is 0.329 e. The van der Waals surface area contributed by atoms with Gasteiger partial charge in [-0.3, -0.25) is 9.47 Å². The summed E-state index contributed by atoms with van der Waals surface area (Å²) in [5.74, 6) is 1.61. The second-order valence-electron chi connectivity index (χ2n) is 11.4. The molecule has 0 radical (unpaired) electrons. The molecule has 1 amide bonds. The van der Waals surface area contributed by atoms with E-state index in [4.69, 9.17) is 9.47 Å². The predicted octanol–water partition coefficient (Wildman–Crippen LogP) is 6.98. The zero-order chi connectivity index (χ0) is 31.0. The first-order valence-corrected chi connectivity index (χ1v) is 15.3. The van der Waals surface area contributed by atoms with Crippen LogP contribution in [0.25, 0.3) is 11.3 Å². The molecule has 6 rings (SSSR count). The quantitative estimate of drug-likeness (QED) is 0.186. The van der Waals surface area contributed by atoms with Crippen molar-refractivity contribution in [1.29, 1.82) is 0 Å². The average molecular weight is 603 g/mol. The minimum atomic E-state index is -0.116. The highest BCUT2D eigenvalue weighted by atomic mass is 16.5. The van der Waals surface area contributed by atoms with Crippen molar-refractivity contribution in [3.05, 3.63) is 132 Å². The molecule has 0 unspecified atom stereocenters. The molecule has 0 atom stereocenters. The summed E-state index contributed by atoms with van der Waals surface area (Å²) in [6.07, 6.45) is 5.10. The standard InChI is InChI=1S/C37H38N4O4/c1-39(31-17-19-40(20-18-31)23-30-13-8-14-32(42)21-30)37(43)41-24-35(38-27-41)34-16-15-33(44-25-28-9-4-2-5-10-28)22-36(34)45-26-29-11-6-3-7-12-29/h2-16,21-22,24,27,31,42H,17-20,23,25-26H2,1H3. The van der Waals surface area contributed by atoms with E-state index in [0.29, 0.717) is 30.4 Å². The second-order valence-corrected chi connectivity index (χ2v) is 11.4. The number of piperidine rings is 1. The molecule has 0 spiro atoms. The highest BCUT2D eigenvalue weighted by molar-refractivity contribution is 5.79. The molecule has 1 aliphatic rings. The third kappa shape index (κ3) is 7.72. The van der Waals surface area contributed by atoms with Gasteiger partial charge in [0.15, 0.2) is 0 Å². The molecule has 1 fully saturated rings. The maximum Gasteiger partial charge on any atom is 0.329 e. The summed E-state index contributed by atoms with van der Waals surface area (Å²) < 4.78 is 13.9. The van der Waals surface area contributed by atoms with Crippen LogP contribution in [0.2, 0.25) is 0 Å². The van der Waals surface area contributed by atoms with E-state index in [-0.39, 0.29) is 17.8 Å². The summed E-state index contributed by atoms with van der Waals surface area (Å²) in [7, 11) is 1.87. The molecule has 2 heterocycles. The number of rotatable bonds is 10. The summed E-state index contributed by atoms with van der Waals surface area (Å²) in [6.45, 7) is 3.39. The normalized spacial score (nSPS) is 13.8. The van der Waals surface area contributed by atoms with Crippen LogP contribution in [0.3, 0.4) is 0 Å². The molecular formula is C37H38N4O4. The predicted molar refractivity (Wildman–Crippen MR) is 174 cm³/mol. The molecule has 0 bridgehead atoms. The Hall–Kier alpha value is -5.08. The summed E-state index contributed by atoms with van der Waals surface area (Å²) in [6, 6.07) is 33.2. The van der Waals surface area contributed by atoms with Gasteiger partial charge in [0.25, 0.3) is 0 Å². The van der Waals surface area contributed by atoms with E-state index in [1.807, 2.05) is 109 Å². The lowest BCUT2D eigenvalue weighted by molar-refractivity contribution is 0.132. The van der Waals surface area contributed by atoms with Crippen molar-refractivity contribution < 1.29 is 19.4 Å². The van der Waals surface area contributed by atoms with Gasteiger partial charge in [-0.2, -0.15) is 0 Å². The van der Waals surface area contributed by atoms with Crippen LogP contribution in [0.15, 0.2) is 116 Å². The number of aromatic hydroxyl groups is 1. The Morgan fingerprint density at radius 3 is 2.20 bits per heavy atom. The lowest BCUT2D eigenvalue weighted by Crippen LogP contribution is -2.46. The number of phenols is 1. The van der Waals surface area contributed by atoms with Crippen molar-refractivity contribution in [1.82, 2.24) is 19.4 Å². The average Bonchev–Trinajstić information content (AvgIpc) is 3.57. The summed E-state index contributed by atoms with van der Waals surface area (Å²) in [4.78, 5) is 22.3. The number of ether oxygens (including phenoxy) is 2. The maximum absolute atomic E-state index is 13.5. The molecule has 1 aliphatic heterocycles. The molecule has 45 heavy (non-hydrogen) atoms. The minimum absolute atomic E-state index is 0.116. The van der Waals surface area contributed by atoms with Crippen LogP contribution in [0.4, 0.5) is 4.79 Å². The zero-order valence-corrected chi connectivity index (χ0v) is 25.5. The van der Waals surface area contributed by atoms with Crippen LogP contribution in [-0.2, 0) is 19.8 Å². The first-order valence-electron chi connectivity index (χ1n) is 15.3. The van der Waals surface area contributed by atoms with E-state index in [9.17, 15) is 9.90 Å². The zero-order valence-electron chi connectivity index (χ0n) is 25.5. The Morgan fingerprint density at radius 2 is 1.51 bits per heavy atom. The van der Waals surface area contributed by atoms with Crippen LogP contribution in [0.5, 0.6) is 17.2 Å². The van der Waals surface area contributed by atoms with E-state index in [1.54, 1.807) is 23.2 Å². The van der Waals surface area contributed by atoms with E-state index >= 15 is 0 Å². The van der Waals surface area contributed by atoms with Crippen molar-refractivity contribution in [2.45, 2.75) is 38.6 Å². The van der Waals surface area contributed by atoms with E-state index in [1.165, 1.54) is 0 Å². The van der Waals surface area contributed by atoms with Gasteiger partial charge < -0.3 is 19.5 Å². The first kappa shape index (κ1) is 30.0. The minimum Gasteiger partial charge on any atom is -0.508 e. The number of benzene rings is 4. The van der Waals surface area contributed by atoms with Crippen LogP contribution in [0.1, 0.15) is 29.5 Å². The fourth-order valence-electron chi connectivity index (χ4n) is 5.68. The molecule has 5 aromatic rings. The molecule has 1 saturated heterocycles. The summed E-state index contributed by atoms with van der Waals surface area (Å²) in [5.41, 5.74) is 4.65. The largest absolute Gasteiger partial charge is 0.508 e. The molecule has 0 saturated carbocycles. The van der Waals surface area contributed by atoms with Crippen molar-refractivity contribution in [3.63, 3.8) is 0 Å². The monoisotopic (exact) mass is 602 g/mol. The highest BCUT2D eigenvalue weighted by Gasteiger charge is 2.26. The molecule has 8 nitrogen and oxygen atoms in total. The van der Waals surface area contributed by atoms with Crippen LogP contribution < -0.4 is 9.47 Å². The Bertz CT molecular complexity index is 1700. The summed E-state index contributed by atoms with van der Waals surface area (Å²) >= 11 is 0. The molecule has 1 N–H and O–H groups in total. The third-order valence-corrected chi connectivity index (χ3v) is 8.24. The molecular weight excluding hydrogens is 564 g/mol. The van der Waals surface area contributed by atoms with Gasteiger partial charge in [-0.1, -0.05) is 72.8 Å². The first-order chi connectivity index (χ1) is 22.0. The molecule has 230 valence electrons. The van der Waals surface area contributed by atoms with Crippen molar-refractivity contribution in [2.24, 2.45) is 0 Å². The molecule has 1 aromatic heterocycles. The lowest BCUT2D eigenvalue weighted by Gasteiger charge is -2.36. The number of carbonyl (C=O) groups excluding carboxylic acids is 1. The maximum atomic E-state index is 13.5. The van der Waals surface area contributed by atoms with Gasteiger partial charge >= 0.3 is 6.03 Å². The Kier molecular flexibility index (Phi) is 9.41. The van der Waals surface area contributed by atoms with Crippen LogP contribution in [0, 0.1) is 0 Å². The fourth-order valence-corrected chi connectivity index (χ4v) is 5.68. The number of hydrogen-bond donors (Lipinski definition) is 1. The number of imidazole rings is 1. The Morgan fingerprint density at radius 1 is 0.844 bits per heavy atom. The lowest BCUT2D eigenvalue weighted by atomic mass is 10.0. The van der Waals surface area contributed by atoms with E-state index in [0.717, 1.165) is 54.7 Å². The van der Waals surface area contributed by atoms with Gasteiger partial charge in [0, 0.05) is 50.6 Å². The Labute approximate surface area is 264 Å². The number of hydrogen-bond acceptors (Lipinski definition) is 6. The number of nitrogens with zero attached hydrogens (tertiary/aromatic N) is 4. The van der Waals surface area contributed by atoms with Crippen LogP contribution >= 0.6 is 0 Å². The topological polar surface area (TPSA) is 80.1 Å². The number of phenolic OH excluding ortho intramolecular Hbond substituents is 1. The highest BCUT2D eigenvalue weighted by Crippen LogP contribution is 2.34. The third-order valence-electron chi connectivity index (χ3n) is 8.24. The van der Waals surface area contributed by atoms with Crippen molar-refractivity contribution >= 4 is 6.03 Å². The van der Waals surface area contributed by atoms with E-state index in [2.05, 4.69) is 9.88 Å². The number of aromatic nitrogens is 2. The van der Waals surface area contributed by atoms with Gasteiger partial charge in [0.05, 0.1) is 5.69 Å². The van der Waals surface area contributed by atoms with Gasteiger partial charge in [0.2, 0.25) is 0 Å². The second kappa shape index (κ2) is 14.1. The van der Waals surface area contributed by atoms with Gasteiger partial charge in [-0.15, -0.1) is 0 Å². The number of carbonyl (C=O) groups is 1. The summed E-state index contributed by atoms with van der Waals surface area (Å²) in [5, 5.41) is 9.78. The van der Waals surface area contributed by atoms with E-state index < -0.39 is 0 Å². The SMILES string of the molecule is CN(C(=O)n1cnc(-c2ccc(OCc3ccccc3)cc2OCc2ccccc2)c1)C1CCN(Cc2cccc(O)c2)CC1. The van der Waals surface area contributed by atoms with Gasteiger partial charge in [-0.25, -0.2) is 9.78 Å². The van der Waals surface area contributed by atoms with Crippen LogP contribution in [-0.4, -0.2) is 56.7 Å². The number of likely N-dealkylation sites (tertiary alicyclic amines) is 1. The van der Waals surface area contributed by atoms with Gasteiger partial charge in [-0.05, 0) is 53.8 Å². The number of amides is 1. The molecule has 4 aromatic carbocycles.